The molecule has 0 fully saturated rings. The summed E-state index contributed by atoms with van der Waals surface area (Å²) in [7, 11) is 3.11. The van der Waals surface area contributed by atoms with E-state index in [0.717, 1.165) is 6.07 Å². The second-order valence-electron chi connectivity index (χ2n) is 7.36. The van der Waals surface area contributed by atoms with Gasteiger partial charge in [-0.3, -0.25) is 14.5 Å². The second-order valence-corrected chi connectivity index (χ2v) is 7.36. The van der Waals surface area contributed by atoms with Gasteiger partial charge in [0.25, 0.3) is 5.91 Å². The Morgan fingerprint density at radius 2 is 1.50 bits per heavy atom. The van der Waals surface area contributed by atoms with Crippen molar-refractivity contribution < 1.29 is 23.1 Å². The molecule has 5 rings (SSSR count). The fourth-order valence-electron chi connectivity index (χ4n) is 4.06. The van der Waals surface area contributed by atoms with Crippen LogP contribution in [0, 0.1) is 5.82 Å². The number of rotatable bonds is 4. The zero-order valence-electron chi connectivity index (χ0n) is 17.3. The Morgan fingerprint density at radius 3 is 2.12 bits per heavy atom. The first-order chi connectivity index (χ1) is 15.5. The fourth-order valence-corrected chi connectivity index (χ4v) is 4.06. The van der Waals surface area contributed by atoms with Crippen molar-refractivity contribution in [3.63, 3.8) is 0 Å². The monoisotopic (exact) mass is 431 g/mol. The maximum Gasteiger partial charge on any atom is 0.295 e. The average molecular weight is 431 g/mol. The number of carbonyl (C=O) groups excluding carboxylic acids is 1. The maximum atomic E-state index is 13.9. The first-order valence-corrected chi connectivity index (χ1v) is 9.89. The van der Waals surface area contributed by atoms with E-state index in [1.165, 1.54) is 17.0 Å². The number of ether oxygens (including phenoxy) is 2. The maximum absolute atomic E-state index is 13.9. The first-order valence-electron chi connectivity index (χ1n) is 9.89. The van der Waals surface area contributed by atoms with E-state index < -0.39 is 23.2 Å². The molecule has 160 valence electrons. The van der Waals surface area contributed by atoms with Crippen LogP contribution in [0.3, 0.4) is 0 Å². The topological polar surface area (TPSA) is 69.0 Å². The SMILES string of the molecule is COc1ccc(C2c3c(oc4ccc(F)cc4c3=O)C(=O)N2c2ccc(OC)cc2)cc1. The molecule has 1 unspecified atom stereocenters. The number of fused-ring (bicyclic) bond motifs is 2. The Labute approximate surface area is 182 Å². The van der Waals surface area contributed by atoms with E-state index in [0.29, 0.717) is 22.7 Å². The largest absolute Gasteiger partial charge is 0.497 e. The Morgan fingerprint density at radius 1 is 0.875 bits per heavy atom. The van der Waals surface area contributed by atoms with Gasteiger partial charge in [0.1, 0.15) is 22.9 Å². The van der Waals surface area contributed by atoms with Crippen LogP contribution in [0.1, 0.15) is 27.7 Å². The predicted molar refractivity (Wildman–Crippen MR) is 117 cm³/mol. The van der Waals surface area contributed by atoms with Crippen molar-refractivity contribution in [3.8, 4) is 11.5 Å². The van der Waals surface area contributed by atoms with E-state index in [1.54, 1.807) is 62.8 Å². The van der Waals surface area contributed by atoms with E-state index >= 15 is 0 Å². The van der Waals surface area contributed by atoms with Gasteiger partial charge in [0, 0.05) is 5.69 Å². The van der Waals surface area contributed by atoms with Crippen molar-refractivity contribution in [2.24, 2.45) is 0 Å². The third kappa shape index (κ3) is 3.01. The van der Waals surface area contributed by atoms with E-state index in [1.807, 2.05) is 0 Å². The number of methoxy groups -OCH3 is 2. The van der Waals surface area contributed by atoms with Gasteiger partial charge in [-0.2, -0.15) is 0 Å². The Balaban J connectivity index is 1.77. The van der Waals surface area contributed by atoms with E-state index in [4.69, 9.17) is 13.9 Å². The van der Waals surface area contributed by atoms with Crippen LogP contribution in [-0.4, -0.2) is 20.1 Å². The van der Waals surface area contributed by atoms with E-state index in [-0.39, 0.29) is 22.3 Å². The Bertz CT molecular complexity index is 1390. The highest BCUT2D eigenvalue weighted by Crippen LogP contribution is 2.41. The second kappa shape index (κ2) is 7.53. The molecule has 2 heterocycles. The van der Waals surface area contributed by atoms with Gasteiger partial charge in [-0.1, -0.05) is 12.1 Å². The number of benzene rings is 3. The number of carbonyl (C=O) groups is 1. The van der Waals surface area contributed by atoms with Crippen molar-refractivity contribution in [1.29, 1.82) is 0 Å². The highest BCUT2D eigenvalue weighted by Gasteiger charge is 2.43. The van der Waals surface area contributed by atoms with Crippen LogP contribution in [0.5, 0.6) is 11.5 Å². The summed E-state index contributed by atoms with van der Waals surface area (Å²) in [6.07, 6.45) is 0. The van der Waals surface area contributed by atoms with Gasteiger partial charge in [-0.25, -0.2) is 4.39 Å². The minimum Gasteiger partial charge on any atom is -0.497 e. The zero-order chi connectivity index (χ0) is 22.4. The minimum atomic E-state index is -0.749. The molecule has 1 aliphatic heterocycles. The third-order valence-corrected chi connectivity index (χ3v) is 5.61. The lowest BCUT2D eigenvalue weighted by molar-refractivity contribution is 0.0971. The third-order valence-electron chi connectivity index (χ3n) is 5.61. The molecule has 0 aliphatic carbocycles. The number of anilines is 1. The molecule has 0 radical (unpaired) electrons. The molecule has 3 aromatic carbocycles. The number of nitrogens with zero attached hydrogens (tertiary/aromatic N) is 1. The summed E-state index contributed by atoms with van der Waals surface area (Å²) in [5.74, 6) is 0.221. The van der Waals surface area contributed by atoms with Crippen molar-refractivity contribution in [3.05, 3.63) is 99.7 Å². The van der Waals surface area contributed by atoms with Gasteiger partial charge in [0.2, 0.25) is 5.76 Å². The lowest BCUT2D eigenvalue weighted by Gasteiger charge is -2.25. The summed E-state index contributed by atoms with van der Waals surface area (Å²) in [4.78, 5) is 28.4. The van der Waals surface area contributed by atoms with Crippen LogP contribution in [0.25, 0.3) is 11.0 Å². The number of hydrogen-bond donors (Lipinski definition) is 0. The summed E-state index contributed by atoms with van der Waals surface area (Å²) in [5, 5.41) is 0.0895. The lowest BCUT2D eigenvalue weighted by Crippen LogP contribution is -2.29. The molecule has 1 aliphatic rings. The summed E-state index contributed by atoms with van der Waals surface area (Å²) >= 11 is 0. The van der Waals surface area contributed by atoms with Gasteiger partial charge in [-0.05, 0) is 60.2 Å². The Hall–Kier alpha value is -4.13. The minimum absolute atomic E-state index is 0.0502. The van der Waals surface area contributed by atoms with E-state index in [9.17, 15) is 14.0 Å². The molecule has 4 aromatic rings. The highest BCUT2D eigenvalue weighted by molar-refractivity contribution is 6.10. The lowest BCUT2D eigenvalue weighted by atomic mass is 9.98. The summed E-state index contributed by atoms with van der Waals surface area (Å²) in [6, 6.07) is 17.0. The van der Waals surface area contributed by atoms with Gasteiger partial charge in [0.15, 0.2) is 5.43 Å². The van der Waals surface area contributed by atoms with Crippen molar-refractivity contribution >= 4 is 22.6 Å². The van der Waals surface area contributed by atoms with E-state index in [2.05, 4.69) is 0 Å². The molecule has 32 heavy (non-hydrogen) atoms. The van der Waals surface area contributed by atoms with Gasteiger partial charge in [0.05, 0.1) is 31.2 Å². The number of hydrogen-bond acceptors (Lipinski definition) is 5. The molecular formula is C25H18FNO5. The molecule has 0 spiro atoms. The standard InChI is InChI=1S/C25H18FNO5/c1-30-17-8-3-14(4-9-17)22-21-23(28)19-13-15(26)5-12-20(19)32-24(21)25(29)27(22)16-6-10-18(31-2)11-7-16/h3-13,22H,1-2H3. The fraction of sp³-hybridized carbons (Fsp3) is 0.120. The van der Waals surface area contributed by atoms with Crippen LogP contribution < -0.4 is 19.8 Å². The van der Waals surface area contributed by atoms with Crippen LogP contribution in [0.15, 0.2) is 75.9 Å². The summed E-state index contributed by atoms with van der Waals surface area (Å²) < 4.78 is 30.2. The van der Waals surface area contributed by atoms with Crippen LogP contribution in [-0.2, 0) is 0 Å². The van der Waals surface area contributed by atoms with Crippen molar-refractivity contribution in [1.82, 2.24) is 0 Å². The number of amides is 1. The van der Waals surface area contributed by atoms with Crippen molar-refractivity contribution in [2.45, 2.75) is 6.04 Å². The summed E-state index contributed by atoms with van der Waals surface area (Å²) in [6.45, 7) is 0. The van der Waals surface area contributed by atoms with Gasteiger partial charge < -0.3 is 13.9 Å². The summed E-state index contributed by atoms with van der Waals surface area (Å²) in [5.41, 5.74) is 1.16. The molecule has 0 saturated carbocycles. The molecule has 1 amide bonds. The number of halogens is 1. The molecule has 0 N–H and O–H groups in total. The van der Waals surface area contributed by atoms with Crippen molar-refractivity contribution in [2.75, 3.05) is 19.1 Å². The van der Waals surface area contributed by atoms with Gasteiger partial charge in [-0.15, -0.1) is 0 Å². The van der Waals surface area contributed by atoms with Gasteiger partial charge >= 0.3 is 0 Å². The average Bonchev–Trinajstić information content (AvgIpc) is 3.12. The predicted octanol–water partition coefficient (Wildman–Crippen LogP) is 4.70. The Kier molecular flexibility index (Phi) is 4.66. The highest BCUT2D eigenvalue weighted by atomic mass is 19.1. The molecular weight excluding hydrogens is 413 g/mol. The smallest absolute Gasteiger partial charge is 0.295 e. The zero-order valence-corrected chi connectivity index (χ0v) is 17.3. The normalized spacial score (nSPS) is 15.2. The molecule has 1 atom stereocenters. The first kappa shape index (κ1) is 19.8. The van der Waals surface area contributed by atoms with Crippen LogP contribution >= 0.6 is 0 Å². The molecule has 6 nitrogen and oxygen atoms in total. The molecule has 0 bridgehead atoms. The van der Waals surface area contributed by atoms with Crippen LogP contribution in [0.2, 0.25) is 0 Å². The quantitative estimate of drug-likeness (QED) is 0.469. The molecule has 0 saturated heterocycles. The molecule has 1 aromatic heterocycles. The van der Waals surface area contributed by atoms with Crippen LogP contribution in [0.4, 0.5) is 10.1 Å². The molecule has 7 heteroatoms.